The molecular formula is C28H30N6O. The molecular weight excluding hydrogens is 436 g/mol. The van der Waals surface area contributed by atoms with Gasteiger partial charge in [0.15, 0.2) is 0 Å². The first-order valence-corrected chi connectivity index (χ1v) is 11.9. The van der Waals surface area contributed by atoms with Crippen molar-refractivity contribution in [2.75, 3.05) is 50.5 Å². The van der Waals surface area contributed by atoms with Gasteiger partial charge in [-0.25, -0.2) is 4.98 Å². The van der Waals surface area contributed by atoms with Gasteiger partial charge in [-0.3, -0.25) is 9.78 Å². The Balaban J connectivity index is 1.21. The quantitative estimate of drug-likeness (QED) is 0.455. The van der Waals surface area contributed by atoms with Crippen LogP contribution in [0, 0.1) is 0 Å². The minimum Gasteiger partial charge on any atom is -0.354 e. The fraction of sp³-hybridized carbons (Fsp3) is 0.250. The lowest BCUT2D eigenvalue weighted by Gasteiger charge is -2.35. The second-order valence-corrected chi connectivity index (χ2v) is 9.19. The van der Waals surface area contributed by atoms with E-state index in [4.69, 9.17) is 0 Å². The lowest BCUT2D eigenvalue weighted by molar-refractivity contribution is 0.0746. The van der Waals surface area contributed by atoms with Crippen LogP contribution in [0.3, 0.4) is 0 Å². The van der Waals surface area contributed by atoms with Crippen molar-refractivity contribution in [3.8, 4) is 0 Å². The molecule has 0 unspecified atom stereocenters. The van der Waals surface area contributed by atoms with Crippen LogP contribution in [0.4, 0.5) is 17.2 Å². The highest BCUT2D eigenvalue weighted by Gasteiger charge is 2.23. The van der Waals surface area contributed by atoms with Gasteiger partial charge in [-0.2, -0.15) is 0 Å². The normalized spacial score (nSPS) is 13.9. The highest BCUT2D eigenvalue weighted by molar-refractivity contribution is 5.95. The lowest BCUT2D eigenvalue weighted by atomic mass is 10.1. The molecule has 0 spiro atoms. The highest BCUT2D eigenvalue weighted by atomic mass is 16.2. The van der Waals surface area contributed by atoms with Crippen LogP contribution in [-0.4, -0.2) is 65.9 Å². The molecule has 1 aliphatic heterocycles. The molecule has 0 atom stereocenters. The van der Waals surface area contributed by atoms with Crippen molar-refractivity contribution in [1.82, 2.24) is 19.8 Å². The van der Waals surface area contributed by atoms with Crippen LogP contribution in [0.5, 0.6) is 0 Å². The minimum atomic E-state index is 0.00796. The molecule has 1 amide bonds. The summed E-state index contributed by atoms with van der Waals surface area (Å²) in [4.78, 5) is 28.4. The van der Waals surface area contributed by atoms with E-state index >= 15 is 0 Å². The number of amides is 1. The van der Waals surface area contributed by atoms with Gasteiger partial charge in [0.05, 0.1) is 17.4 Å². The maximum Gasteiger partial charge on any atom is 0.255 e. The topological polar surface area (TPSA) is 64.6 Å². The van der Waals surface area contributed by atoms with Crippen molar-refractivity contribution in [2.45, 2.75) is 6.54 Å². The van der Waals surface area contributed by atoms with Gasteiger partial charge in [0.25, 0.3) is 5.91 Å². The van der Waals surface area contributed by atoms with Crippen LogP contribution in [0.2, 0.25) is 0 Å². The van der Waals surface area contributed by atoms with E-state index in [1.165, 1.54) is 10.9 Å². The number of aromatic nitrogens is 2. The number of nitrogens with zero attached hydrogens (tertiary/aromatic N) is 5. The molecule has 1 N–H and O–H groups in total. The molecule has 1 saturated heterocycles. The summed E-state index contributed by atoms with van der Waals surface area (Å²) in [7, 11) is 4.10. The Morgan fingerprint density at radius 2 is 1.69 bits per heavy atom. The molecule has 0 bridgehead atoms. The Hall–Kier alpha value is -3.97. The first kappa shape index (κ1) is 22.8. The van der Waals surface area contributed by atoms with E-state index in [0.717, 1.165) is 42.2 Å². The highest BCUT2D eigenvalue weighted by Crippen LogP contribution is 2.23. The van der Waals surface area contributed by atoms with Gasteiger partial charge in [-0.05, 0) is 54.7 Å². The van der Waals surface area contributed by atoms with Gasteiger partial charge in [-0.1, -0.05) is 36.4 Å². The van der Waals surface area contributed by atoms with E-state index in [9.17, 15) is 4.79 Å². The Bertz CT molecular complexity index is 1310. The molecule has 0 saturated carbocycles. The second-order valence-electron chi connectivity index (χ2n) is 9.19. The number of pyridine rings is 2. The van der Waals surface area contributed by atoms with Crippen LogP contribution in [-0.2, 0) is 6.54 Å². The summed E-state index contributed by atoms with van der Waals surface area (Å²) in [6, 6.07) is 20.5. The fourth-order valence-electron chi connectivity index (χ4n) is 4.44. The monoisotopic (exact) mass is 466 g/mol. The van der Waals surface area contributed by atoms with Crippen molar-refractivity contribution in [3.05, 3.63) is 90.4 Å². The number of hydrogen-bond donors (Lipinski definition) is 1. The maximum absolute atomic E-state index is 13.2. The zero-order valence-corrected chi connectivity index (χ0v) is 20.2. The standard InChI is InChI=1S/C28H30N6O/c1-32(2)20-21-7-10-27(30-17-21)33-11-13-34(14-12-33)28(35)24-16-26(19-29-18-24)31-25-9-8-22-5-3-4-6-23(22)15-25/h3-10,15-19,31H,11-14,20H2,1-2H3. The molecule has 1 fully saturated rings. The van der Waals surface area contributed by atoms with Crippen LogP contribution in [0.15, 0.2) is 79.3 Å². The van der Waals surface area contributed by atoms with E-state index < -0.39 is 0 Å². The Labute approximate surface area is 206 Å². The number of carbonyl (C=O) groups is 1. The molecule has 0 radical (unpaired) electrons. The zero-order chi connectivity index (χ0) is 24.2. The van der Waals surface area contributed by atoms with Crippen molar-refractivity contribution in [1.29, 1.82) is 0 Å². The van der Waals surface area contributed by atoms with E-state index in [1.54, 1.807) is 12.4 Å². The third-order valence-corrected chi connectivity index (χ3v) is 6.22. The van der Waals surface area contributed by atoms with Crippen molar-refractivity contribution < 1.29 is 4.79 Å². The molecule has 35 heavy (non-hydrogen) atoms. The van der Waals surface area contributed by atoms with Gasteiger partial charge in [0, 0.05) is 50.8 Å². The number of benzene rings is 2. The average Bonchev–Trinajstić information content (AvgIpc) is 2.89. The smallest absolute Gasteiger partial charge is 0.255 e. The largest absolute Gasteiger partial charge is 0.354 e. The van der Waals surface area contributed by atoms with Crippen molar-refractivity contribution >= 4 is 33.9 Å². The molecule has 4 aromatic rings. The molecule has 7 nitrogen and oxygen atoms in total. The van der Waals surface area contributed by atoms with Crippen molar-refractivity contribution in [2.24, 2.45) is 0 Å². The molecule has 2 aromatic carbocycles. The molecule has 5 rings (SSSR count). The minimum absolute atomic E-state index is 0.00796. The van der Waals surface area contributed by atoms with Gasteiger partial charge < -0.3 is 20.0 Å². The Morgan fingerprint density at radius 3 is 2.43 bits per heavy atom. The molecule has 2 aromatic heterocycles. The molecule has 0 aliphatic carbocycles. The summed E-state index contributed by atoms with van der Waals surface area (Å²) >= 11 is 0. The first-order chi connectivity index (χ1) is 17.0. The van der Waals surface area contributed by atoms with Gasteiger partial charge in [-0.15, -0.1) is 0 Å². The first-order valence-electron chi connectivity index (χ1n) is 11.9. The molecule has 178 valence electrons. The van der Waals surface area contributed by atoms with Crippen LogP contribution in [0.1, 0.15) is 15.9 Å². The van der Waals surface area contributed by atoms with Gasteiger partial charge >= 0.3 is 0 Å². The fourth-order valence-corrected chi connectivity index (χ4v) is 4.44. The third-order valence-electron chi connectivity index (χ3n) is 6.22. The zero-order valence-electron chi connectivity index (χ0n) is 20.2. The molecule has 7 heteroatoms. The Kier molecular flexibility index (Phi) is 6.59. The third kappa shape index (κ3) is 5.41. The number of nitrogens with one attached hydrogen (secondary N) is 1. The second kappa shape index (κ2) is 10.1. The average molecular weight is 467 g/mol. The number of carbonyl (C=O) groups excluding carboxylic acids is 1. The molecule has 1 aliphatic rings. The maximum atomic E-state index is 13.2. The summed E-state index contributed by atoms with van der Waals surface area (Å²) in [5.41, 5.74) is 3.55. The van der Waals surface area contributed by atoms with E-state index in [1.807, 2.05) is 35.4 Å². The summed E-state index contributed by atoms with van der Waals surface area (Å²) in [5.74, 6) is 0.969. The van der Waals surface area contributed by atoms with E-state index in [0.29, 0.717) is 18.7 Å². The summed E-state index contributed by atoms with van der Waals surface area (Å²) in [6.07, 6.45) is 5.33. The summed E-state index contributed by atoms with van der Waals surface area (Å²) in [6.45, 7) is 3.70. The number of rotatable bonds is 6. The lowest BCUT2D eigenvalue weighted by Crippen LogP contribution is -2.49. The van der Waals surface area contributed by atoms with Crippen LogP contribution in [0.25, 0.3) is 10.8 Å². The predicted molar refractivity (Wildman–Crippen MR) is 141 cm³/mol. The Morgan fingerprint density at radius 1 is 0.886 bits per heavy atom. The molecule has 3 heterocycles. The number of anilines is 3. The van der Waals surface area contributed by atoms with Gasteiger partial charge in [0.2, 0.25) is 0 Å². The van der Waals surface area contributed by atoms with Crippen molar-refractivity contribution in [3.63, 3.8) is 0 Å². The van der Waals surface area contributed by atoms with E-state index in [2.05, 4.69) is 75.6 Å². The number of hydrogen-bond acceptors (Lipinski definition) is 6. The van der Waals surface area contributed by atoms with Crippen LogP contribution >= 0.6 is 0 Å². The number of piperazine rings is 1. The van der Waals surface area contributed by atoms with E-state index in [-0.39, 0.29) is 5.91 Å². The summed E-state index contributed by atoms with van der Waals surface area (Å²) < 4.78 is 0. The SMILES string of the molecule is CN(C)Cc1ccc(N2CCN(C(=O)c3cncc(Nc4ccc5ccccc5c4)c3)CC2)nc1. The van der Waals surface area contributed by atoms with Crippen LogP contribution < -0.4 is 10.2 Å². The number of fused-ring (bicyclic) bond motifs is 1. The summed E-state index contributed by atoms with van der Waals surface area (Å²) in [5, 5.41) is 5.74. The van der Waals surface area contributed by atoms with Gasteiger partial charge in [0.1, 0.15) is 5.82 Å². The predicted octanol–water partition coefficient (Wildman–Crippen LogP) is 4.40.